The summed E-state index contributed by atoms with van der Waals surface area (Å²) in [6.07, 6.45) is 1.32. The average molecular weight is 837 g/mol. The maximum Gasteiger partial charge on any atom is 0.279 e. The summed E-state index contributed by atoms with van der Waals surface area (Å²) in [5, 5.41) is 22.1. The molecule has 2 atom stereocenters. The molecule has 284 valence electrons. The van der Waals surface area contributed by atoms with Crippen molar-refractivity contribution in [3.8, 4) is 0 Å². The number of rotatable bonds is 10. The minimum atomic E-state index is -4.66. The van der Waals surface area contributed by atoms with Crippen molar-refractivity contribution in [3.05, 3.63) is 102 Å². The fourth-order valence-corrected chi connectivity index (χ4v) is 11.8. The van der Waals surface area contributed by atoms with Gasteiger partial charge in [0.1, 0.15) is 18.0 Å². The van der Waals surface area contributed by atoms with E-state index >= 15 is 0 Å². The Balaban J connectivity index is 0.000000197. The van der Waals surface area contributed by atoms with Crippen molar-refractivity contribution in [2.24, 2.45) is 0 Å². The number of sulfonamides is 3. The lowest BCUT2D eigenvalue weighted by Gasteiger charge is -2.22. The molecule has 0 bridgehead atoms. The summed E-state index contributed by atoms with van der Waals surface area (Å²) in [5.41, 5.74) is 0.933. The van der Waals surface area contributed by atoms with E-state index in [1.807, 2.05) is 0 Å². The van der Waals surface area contributed by atoms with Crippen molar-refractivity contribution < 1.29 is 49.4 Å². The first kappa shape index (κ1) is 38.9. The standard InChI is InChI=1S/C19H16FN3O6S3.C13H13N3O4S2/c20-13-1-5-15(6-2-13)31(26,27)23(19-21-10-12-30-19)32(28,29)16-7-3-14(4-8-16)22-11-9-17(24)18(22)25;17-11-5-7-16(12(11)18)9-1-3-10(4-2-9)22(19,20)15-13-14-6-8-21-13/h1-8,10,12,17,24H,9,11H2;1-4,6,8,11,17H,5,7H2,(H,14,15)/t17-;11-/m11/s1. The number of hydrogen-bond donors (Lipinski definition) is 3. The van der Waals surface area contributed by atoms with Gasteiger partial charge < -0.3 is 20.0 Å². The third kappa shape index (κ3) is 7.99. The van der Waals surface area contributed by atoms with E-state index in [0.29, 0.717) is 29.5 Å². The number of nitrogens with zero attached hydrogens (tertiary/aromatic N) is 5. The Kier molecular flexibility index (Phi) is 11.1. The molecule has 0 spiro atoms. The lowest BCUT2D eigenvalue weighted by atomic mass is 10.3. The molecule has 2 amide bonds. The molecule has 16 nitrogen and oxygen atoms in total. The maximum absolute atomic E-state index is 13.4. The molecule has 2 saturated heterocycles. The van der Waals surface area contributed by atoms with Crippen molar-refractivity contribution in [1.82, 2.24) is 9.97 Å². The van der Waals surface area contributed by atoms with Gasteiger partial charge in [0.15, 0.2) is 5.13 Å². The molecular weight excluding hydrogens is 808 g/mol. The molecule has 3 aromatic carbocycles. The van der Waals surface area contributed by atoms with Crippen LogP contribution in [0.3, 0.4) is 0 Å². The highest BCUT2D eigenvalue weighted by Gasteiger charge is 2.39. The second-order valence-electron chi connectivity index (χ2n) is 11.5. The Labute approximate surface area is 316 Å². The van der Waals surface area contributed by atoms with Crippen LogP contribution in [-0.4, -0.2) is 82.5 Å². The minimum absolute atomic E-state index is 0.0821. The molecule has 3 N–H and O–H groups in total. The zero-order valence-electron chi connectivity index (χ0n) is 27.5. The van der Waals surface area contributed by atoms with Gasteiger partial charge in [0.05, 0.1) is 14.7 Å². The fourth-order valence-electron chi connectivity index (χ4n) is 5.33. The van der Waals surface area contributed by atoms with Gasteiger partial charge in [0.25, 0.3) is 41.9 Å². The number of nitrogens with one attached hydrogen (secondary N) is 1. The molecule has 4 heterocycles. The van der Waals surface area contributed by atoms with Gasteiger partial charge in [-0.2, -0.15) is 16.8 Å². The topological polar surface area (TPSA) is 225 Å². The molecule has 22 heteroatoms. The fraction of sp³-hybridized carbons (Fsp3) is 0.188. The van der Waals surface area contributed by atoms with E-state index < -0.39 is 58.9 Å². The lowest BCUT2D eigenvalue weighted by molar-refractivity contribution is -0.124. The molecule has 2 aliphatic heterocycles. The van der Waals surface area contributed by atoms with Crippen LogP contribution in [0.1, 0.15) is 12.8 Å². The van der Waals surface area contributed by atoms with Crippen LogP contribution in [0.5, 0.6) is 0 Å². The second-order valence-corrected chi connectivity index (χ2v) is 18.7. The van der Waals surface area contributed by atoms with Gasteiger partial charge in [-0.05, 0) is 72.8 Å². The first-order chi connectivity index (χ1) is 25.6. The van der Waals surface area contributed by atoms with Crippen LogP contribution in [-0.2, 0) is 39.7 Å². The summed E-state index contributed by atoms with van der Waals surface area (Å²) in [7, 11) is -13.0. The van der Waals surface area contributed by atoms with E-state index in [4.69, 9.17) is 0 Å². The summed E-state index contributed by atoms with van der Waals surface area (Å²) >= 11 is 1.99. The average Bonchev–Trinajstić information content (AvgIpc) is 3.97. The van der Waals surface area contributed by atoms with Crippen molar-refractivity contribution in [3.63, 3.8) is 0 Å². The third-order valence-electron chi connectivity index (χ3n) is 8.04. The smallest absolute Gasteiger partial charge is 0.279 e. The van der Waals surface area contributed by atoms with Gasteiger partial charge >= 0.3 is 0 Å². The minimum Gasteiger partial charge on any atom is -0.383 e. The molecule has 0 saturated carbocycles. The van der Waals surface area contributed by atoms with E-state index in [1.54, 1.807) is 17.5 Å². The monoisotopic (exact) mass is 836 g/mol. The van der Waals surface area contributed by atoms with Crippen molar-refractivity contribution in [2.45, 2.75) is 39.7 Å². The number of halogens is 1. The molecule has 2 fully saturated rings. The number of carbonyl (C=O) groups excluding carboxylic acids is 2. The maximum atomic E-state index is 13.4. The number of thiazole rings is 2. The zero-order chi connectivity index (χ0) is 38.8. The van der Waals surface area contributed by atoms with Gasteiger partial charge in [-0.3, -0.25) is 14.3 Å². The van der Waals surface area contributed by atoms with E-state index in [-0.39, 0.29) is 37.5 Å². The summed E-state index contributed by atoms with van der Waals surface area (Å²) in [6, 6.07) is 14.7. The highest BCUT2D eigenvalue weighted by Crippen LogP contribution is 2.33. The number of aliphatic hydroxyl groups is 2. The highest BCUT2D eigenvalue weighted by atomic mass is 32.3. The summed E-state index contributed by atoms with van der Waals surface area (Å²) < 4.78 is 93.5. The SMILES string of the molecule is O=C1[C@H](O)CCN1c1ccc(S(=O)(=O)N(c2nccs2)S(=O)(=O)c2ccc(F)cc2)cc1.O=C1[C@H](O)CCN1c1ccc(S(=O)(=O)Nc2nccs2)cc1. The zero-order valence-corrected chi connectivity index (χ0v) is 31.6. The van der Waals surface area contributed by atoms with E-state index in [1.165, 1.54) is 75.3 Å². The molecule has 0 radical (unpaired) electrons. The van der Waals surface area contributed by atoms with Crippen LogP contribution in [0.4, 0.5) is 26.0 Å². The van der Waals surface area contributed by atoms with Crippen LogP contribution in [0.2, 0.25) is 0 Å². The van der Waals surface area contributed by atoms with E-state index in [9.17, 15) is 49.4 Å². The van der Waals surface area contributed by atoms with Crippen molar-refractivity contribution in [1.29, 1.82) is 0 Å². The van der Waals surface area contributed by atoms with Gasteiger partial charge in [0.2, 0.25) is 5.13 Å². The highest BCUT2D eigenvalue weighted by molar-refractivity contribution is 8.10. The largest absolute Gasteiger partial charge is 0.383 e. The van der Waals surface area contributed by atoms with Crippen LogP contribution < -0.4 is 18.2 Å². The molecule has 2 aromatic heterocycles. The molecular formula is C32H29FN6O10S5. The molecule has 0 unspecified atom stereocenters. The Morgan fingerprint density at radius 3 is 1.52 bits per heavy atom. The predicted octanol–water partition coefficient (Wildman–Crippen LogP) is 3.01. The second kappa shape index (κ2) is 15.5. The van der Waals surface area contributed by atoms with Crippen LogP contribution in [0.25, 0.3) is 0 Å². The van der Waals surface area contributed by atoms with Crippen LogP contribution in [0.15, 0.2) is 111 Å². The summed E-state index contributed by atoms with van der Waals surface area (Å²) in [5.74, 6) is -1.54. The first-order valence-corrected chi connectivity index (χ1v) is 21.8. The van der Waals surface area contributed by atoms with E-state index in [0.717, 1.165) is 35.6 Å². The number of hydrogen-bond acceptors (Lipinski definition) is 14. The predicted molar refractivity (Wildman–Crippen MR) is 197 cm³/mol. The third-order valence-corrected chi connectivity index (χ3v) is 15.3. The van der Waals surface area contributed by atoms with Gasteiger partial charge in [-0.15, -0.1) is 26.4 Å². The van der Waals surface area contributed by atoms with E-state index in [2.05, 4.69) is 14.7 Å². The quantitative estimate of drug-likeness (QED) is 0.185. The molecule has 5 aromatic rings. The molecule has 0 aliphatic carbocycles. The number of amides is 2. The molecule has 2 aliphatic rings. The number of aromatic nitrogens is 2. The number of anilines is 4. The lowest BCUT2D eigenvalue weighted by Crippen LogP contribution is -2.37. The Morgan fingerprint density at radius 2 is 1.11 bits per heavy atom. The Morgan fingerprint density at radius 1 is 0.667 bits per heavy atom. The van der Waals surface area contributed by atoms with Crippen LogP contribution >= 0.6 is 22.7 Å². The Bertz CT molecular complexity index is 2450. The normalized spacial score (nSPS) is 17.7. The summed E-state index contributed by atoms with van der Waals surface area (Å²) in [6.45, 7) is 0.694. The molecule has 54 heavy (non-hydrogen) atoms. The van der Waals surface area contributed by atoms with Crippen LogP contribution in [0, 0.1) is 5.82 Å². The number of aliphatic hydroxyl groups excluding tert-OH is 2. The van der Waals surface area contributed by atoms with Gasteiger partial charge in [-0.25, -0.2) is 22.8 Å². The first-order valence-electron chi connectivity index (χ1n) is 15.7. The summed E-state index contributed by atoms with van der Waals surface area (Å²) in [4.78, 5) is 33.5. The number of carbonyl (C=O) groups is 2. The van der Waals surface area contributed by atoms with Gasteiger partial charge in [0, 0.05) is 60.5 Å². The van der Waals surface area contributed by atoms with Gasteiger partial charge in [-0.1, -0.05) is 0 Å². The molecule has 7 rings (SSSR count). The van der Waals surface area contributed by atoms with Crippen molar-refractivity contribution >= 4 is 86.2 Å². The van der Waals surface area contributed by atoms with Crippen molar-refractivity contribution in [2.75, 3.05) is 31.3 Å². The number of benzene rings is 3. The Hall–Kier alpha value is -4.84.